The van der Waals surface area contributed by atoms with E-state index in [1.165, 1.54) is 17.9 Å². The summed E-state index contributed by atoms with van der Waals surface area (Å²) in [4.78, 5) is 27.0. The zero-order chi connectivity index (χ0) is 22.9. The minimum Gasteiger partial charge on any atom is -0.460 e. The molecule has 1 unspecified atom stereocenters. The summed E-state index contributed by atoms with van der Waals surface area (Å²) in [7, 11) is 0. The Morgan fingerprint density at radius 2 is 1.71 bits per heavy atom. The Balaban J connectivity index is 2.08. The molecule has 1 aliphatic rings. The largest absolute Gasteiger partial charge is 0.460 e. The fourth-order valence-corrected chi connectivity index (χ4v) is 3.68. The molecule has 0 aromatic heterocycles. The second kappa shape index (κ2) is 8.91. The Morgan fingerprint density at radius 1 is 1.06 bits per heavy atom. The normalized spacial score (nSPS) is 16.8. The van der Waals surface area contributed by atoms with Crippen LogP contribution >= 0.6 is 0 Å². The zero-order valence-corrected chi connectivity index (χ0v) is 17.2. The third-order valence-corrected chi connectivity index (χ3v) is 4.99. The summed E-state index contributed by atoms with van der Waals surface area (Å²) in [6.45, 7) is 4.58. The van der Waals surface area contributed by atoms with Gasteiger partial charge in [-0.2, -0.15) is 0 Å². The number of ether oxygens (including phenoxy) is 1. The first-order valence-corrected chi connectivity index (χ1v) is 9.68. The van der Waals surface area contributed by atoms with Crippen molar-refractivity contribution in [3.8, 4) is 0 Å². The number of rotatable bonds is 5. The van der Waals surface area contributed by atoms with Crippen molar-refractivity contribution in [2.75, 3.05) is 0 Å². The van der Waals surface area contributed by atoms with E-state index in [9.17, 15) is 27.2 Å². The average Bonchev–Trinajstić information content (AvgIpc) is 2.63. The van der Waals surface area contributed by atoms with Gasteiger partial charge in [0.25, 0.3) is 0 Å². The lowest BCUT2D eigenvalue weighted by Gasteiger charge is -2.35. The van der Waals surface area contributed by atoms with E-state index in [4.69, 9.17) is 4.74 Å². The number of nitrogens with zero attached hydrogens (tertiary/aromatic N) is 1. The summed E-state index contributed by atoms with van der Waals surface area (Å²) in [5.74, 6) is -5.48. The fourth-order valence-electron chi connectivity index (χ4n) is 3.68. The van der Waals surface area contributed by atoms with Gasteiger partial charge in [-0.15, -0.1) is 0 Å². The van der Waals surface area contributed by atoms with Crippen LogP contribution in [0.3, 0.4) is 0 Å². The average molecular weight is 435 g/mol. The molecular formula is C23H21F4NO3. The quantitative estimate of drug-likeness (QED) is 0.491. The number of carbonyl (C=O) groups is 2. The van der Waals surface area contributed by atoms with E-state index >= 15 is 0 Å². The first kappa shape index (κ1) is 22.5. The lowest BCUT2D eigenvalue weighted by Crippen LogP contribution is -2.38. The number of allylic oxidation sites excluding steroid dienone is 1. The summed E-state index contributed by atoms with van der Waals surface area (Å²) in [6.07, 6.45) is -0.768. The summed E-state index contributed by atoms with van der Waals surface area (Å²) < 4.78 is 60.3. The Morgan fingerprint density at radius 3 is 2.29 bits per heavy atom. The van der Waals surface area contributed by atoms with Crippen molar-refractivity contribution in [2.45, 2.75) is 45.8 Å². The van der Waals surface area contributed by atoms with E-state index in [1.54, 1.807) is 13.8 Å². The SMILES string of the molecule is CC1=C(C(=O)OC(C)C)C(c2ccc(F)cc2F)CC(=O)N1Cc1cc(F)cc(F)c1. The Kier molecular flexibility index (Phi) is 6.48. The third-order valence-electron chi connectivity index (χ3n) is 4.99. The lowest BCUT2D eigenvalue weighted by atomic mass is 9.83. The van der Waals surface area contributed by atoms with Gasteiger partial charge in [0.2, 0.25) is 5.91 Å². The maximum atomic E-state index is 14.5. The number of hydrogen-bond acceptors (Lipinski definition) is 3. The first-order valence-electron chi connectivity index (χ1n) is 9.68. The topological polar surface area (TPSA) is 46.6 Å². The van der Waals surface area contributed by atoms with Crippen LogP contribution in [0.1, 0.15) is 44.2 Å². The van der Waals surface area contributed by atoms with Gasteiger partial charge in [0.05, 0.1) is 18.2 Å². The van der Waals surface area contributed by atoms with Gasteiger partial charge < -0.3 is 9.64 Å². The molecule has 0 bridgehead atoms. The van der Waals surface area contributed by atoms with Crippen molar-refractivity contribution in [1.82, 2.24) is 4.90 Å². The maximum Gasteiger partial charge on any atom is 0.336 e. The van der Waals surface area contributed by atoms with E-state index < -0.39 is 47.2 Å². The standard InChI is InChI=1S/C23H21F4NO3/c1-12(2)31-23(30)22-13(3)28(11-14-6-16(25)8-17(26)7-14)21(29)10-19(22)18-5-4-15(24)9-20(18)27/h4-9,12,19H,10-11H2,1-3H3. The van der Waals surface area contributed by atoms with Crippen molar-refractivity contribution < 1.29 is 31.9 Å². The molecule has 0 spiro atoms. The monoisotopic (exact) mass is 435 g/mol. The summed E-state index contributed by atoms with van der Waals surface area (Å²) in [5.41, 5.74) is 0.394. The van der Waals surface area contributed by atoms with E-state index in [-0.39, 0.29) is 35.4 Å². The van der Waals surface area contributed by atoms with Crippen LogP contribution < -0.4 is 0 Å². The number of esters is 1. The zero-order valence-electron chi connectivity index (χ0n) is 17.2. The molecule has 0 saturated heterocycles. The van der Waals surface area contributed by atoms with Crippen LogP contribution in [0, 0.1) is 23.3 Å². The van der Waals surface area contributed by atoms with Gasteiger partial charge in [0.15, 0.2) is 0 Å². The molecule has 0 fully saturated rings. The van der Waals surface area contributed by atoms with E-state index in [2.05, 4.69) is 0 Å². The molecule has 31 heavy (non-hydrogen) atoms. The van der Waals surface area contributed by atoms with Crippen LogP contribution in [-0.2, 0) is 20.9 Å². The van der Waals surface area contributed by atoms with Crippen LogP contribution in [0.15, 0.2) is 47.7 Å². The van der Waals surface area contributed by atoms with Crippen molar-refractivity contribution in [2.24, 2.45) is 0 Å². The molecule has 0 aliphatic carbocycles. The number of benzene rings is 2. The summed E-state index contributed by atoms with van der Waals surface area (Å²) in [6, 6.07) is 5.80. The maximum absolute atomic E-state index is 14.5. The number of carbonyl (C=O) groups excluding carboxylic acids is 2. The van der Waals surface area contributed by atoms with Gasteiger partial charge in [0, 0.05) is 30.2 Å². The van der Waals surface area contributed by atoms with E-state index in [1.807, 2.05) is 0 Å². The predicted molar refractivity (Wildman–Crippen MR) is 105 cm³/mol. The minimum atomic E-state index is -0.986. The van der Waals surface area contributed by atoms with E-state index in [0.717, 1.165) is 18.2 Å². The second-order valence-corrected chi connectivity index (χ2v) is 7.63. The molecular weight excluding hydrogens is 414 g/mol. The summed E-state index contributed by atoms with van der Waals surface area (Å²) >= 11 is 0. The summed E-state index contributed by atoms with van der Waals surface area (Å²) in [5, 5.41) is 0. The van der Waals surface area contributed by atoms with Gasteiger partial charge in [-0.25, -0.2) is 22.4 Å². The highest BCUT2D eigenvalue weighted by atomic mass is 19.1. The Hall–Kier alpha value is -3.16. The van der Waals surface area contributed by atoms with Crippen LogP contribution in [0.25, 0.3) is 0 Å². The molecule has 164 valence electrons. The van der Waals surface area contributed by atoms with Crippen LogP contribution in [0.2, 0.25) is 0 Å². The highest BCUT2D eigenvalue weighted by Gasteiger charge is 2.38. The molecule has 2 aromatic carbocycles. The molecule has 1 aliphatic heterocycles. The lowest BCUT2D eigenvalue weighted by molar-refractivity contribution is -0.143. The molecule has 3 rings (SSSR count). The molecule has 2 aromatic rings. The van der Waals surface area contributed by atoms with Crippen molar-refractivity contribution in [3.63, 3.8) is 0 Å². The van der Waals surface area contributed by atoms with Crippen molar-refractivity contribution in [1.29, 1.82) is 0 Å². The second-order valence-electron chi connectivity index (χ2n) is 7.63. The molecule has 0 saturated carbocycles. The first-order chi connectivity index (χ1) is 14.6. The molecule has 0 radical (unpaired) electrons. The van der Waals surface area contributed by atoms with Gasteiger partial charge in [-0.05, 0) is 50.1 Å². The fraction of sp³-hybridized carbons (Fsp3) is 0.304. The highest BCUT2D eigenvalue weighted by molar-refractivity contribution is 5.96. The number of amides is 1. The Bertz CT molecular complexity index is 1040. The molecule has 4 nitrogen and oxygen atoms in total. The smallest absolute Gasteiger partial charge is 0.336 e. The van der Waals surface area contributed by atoms with Crippen molar-refractivity contribution >= 4 is 11.9 Å². The Labute approximate surface area is 177 Å². The van der Waals surface area contributed by atoms with Crippen LogP contribution in [0.4, 0.5) is 17.6 Å². The van der Waals surface area contributed by atoms with Crippen LogP contribution in [0.5, 0.6) is 0 Å². The van der Waals surface area contributed by atoms with Crippen molar-refractivity contribution in [3.05, 3.63) is 82.1 Å². The molecule has 8 heteroatoms. The molecule has 1 amide bonds. The van der Waals surface area contributed by atoms with Gasteiger partial charge in [0.1, 0.15) is 23.3 Å². The van der Waals surface area contributed by atoms with Gasteiger partial charge in [-0.3, -0.25) is 4.79 Å². The third kappa shape index (κ3) is 4.95. The van der Waals surface area contributed by atoms with E-state index in [0.29, 0.717) is 12.1 Å². The number of halogens is 4. The van der Waals surface area contributed by atoms with Gasteiger partial charge >= 0.3 is 5.97 Å². The predicted octanol–water partition coefficient (Wildman–Crippen LogP) is 4.98. The molecule has 1 atom stereocenters. The van der Waals surface area contributed by atoms with Gasteiger partial charge in [-0.1, -0.05) is 6.07 Å². The molecule has 1 heterocycles. The number of hydrogen-bond donors (Lipinski definition) is 0. The highest BCUT2D eigenvalue weighted by Crippen LogP contribution is 2.39. The van der Waals surface area contributed by atoms with Crippen LogP contribution in [-0.4, -0.2) is 22.9 Å². The minimum absolute atomic E-state index is 0.0127. The molecule has 0 N–H and O–H groups in total.